The van der Waals surface area contributed by atoms with E-state index in [-0.39, 0.29) is 5.91 Å². The van der Waals surface area contributed by atoms with Crippen LogP contribution in [-0.2, 0) is 0 Å². The molecular weight excluding hydrogens is 206 g/mol. The summed E-state index contributed by atoms with van der Waals surface area (Å²) in [5.74, 6) is 0.504. The molecule has 0 atom stereocenters. The van der Waals surface area contributed by atoms with Gasteiger partial charge in [-0.1, -0.05) is 26.0 Å². The summed E-state index contributed by atoms with van der Waals surface area (Å²) >= 11 is 1.60. The van der Waals surface area contributed by atoms with Crippen molar-refractivity contribution in [3.63, 3.8) is 0 Å². The van der Waals surface area contributed by atoms with Crippen LogP contribution in [0.25, 0.3) is 0 Å². The van der Waals surface area contributed by atoms with Crippen molar-refractivity contribution in [2.24, 2.45) is 5.92 Å². The molecule has 0 unspecified atom stereocenters. The Morgan fingerprint density at radius 2 is 2.07 bits per heavy atom. The summed E-state index contributed by atoms with van der Waals surface area (Å²) in [5, 5.41) is 2.92. The molecule has 0 aliphatic heterocycles. The first-order valence-corrected chi connectivity index (χ1v) is 6.29. The van der Waals surface area contributed by atoms with Crippen LogP contribution in [0.3, 0.4) is 0 Å². The molecule has 0 saturated heterocycles. The third-order valence-electron chi connectivity index (χ3n) is 2.02. The number of hydrogen-bond acceptors (Lipinski definition) is 2. The number of hydrogen-bond donors (Lipinski definition) is 1. The molecule has 0 bridgehead atoms. The molecule has 1 aromatic carbocycles. The van der Waals surface area contributed by atoms with E-state index in [9.17, 15) is 4.79 Å². The Labute approximate surface area is 95.5 Å². The van der Waals surface area contributed by atoms with Crippen LogP contribution in [0.4, 0.5) is 0 Å². The first kappa shape index (κ1) is 12.1. The Kier molecular flexibility index (Phi) is 4.69. The molecule has 0 aliphatic rings. The van der Waals surface area contributed by atoms with E-state index in [1.54, 1.807) is 11.8 Å². The van der Waals surface area contributed by atoms with Crippen molar-refractivity contribution in [2.75, 3.05) is 12.8 Å². The fraction of sp³-hybridized carbons (Fsp3) is 0.417. The second kappa shape index (κ2) is 5.81. The first-order chi connectivity index (χ1) is 7.15. The smallest absolute Gasteiger partial charge is 0.252 e. The maximum absolute atomic E-state index is 11.8. The number of carbonyl (C=O) groups excluding carboxylic acids is 1. The predicted octanol–water partition coefficient (Wildman–Crippen LogP) is 2.79. The van der Waals surface area contributed by atoms with Gasteiger partial charge >= 0.3 is 0 Å². The van der Waals surface area contributed by atoms with Crippen LogP contribution in [0.1, 0.15) is 24.2 Å². The van der Waals surface area contributed by atoms with Crippen LogP contribution in [0.5, 0.6) is 0 Å². The molecule has 82 valence electrons. The monoisotopic (exact) mass is 223 g/mol. The van der Waals surface area contributed by atoms with Crippen molar-refractivity contribution in [3.8, 4) is 0 Å². The maximum atomic E-state index is 11.8. The fourth-order valence-corrected chi connectivity index (χ4v) is 1.82. The zero-order valence-corrected chi connectivity index (χ0v) is 10.2. The molecule has 0 fully saturated rings. The van der Waals surface area contributed by atoms with Gasteiger partial charge in [0.05, 0.1) is 5.56 Å². The van der Waals surface area contributed by atoms with Crippen LogP contribution < -0.4 is 5.32 Å². The molecule has 1 rings (SSSR count). The largest absolute Gasteiger partial charge is 0.352 e. The minimum Gasteiger partial charge on any atom is -0.352 e. The van der Waals surface area contributed by atoms with Crippen molar-refractivity contribution in [2.45, 2.75) is 18.7 Å². The minimum absolute atomic E-state index is 0.0219. The Bertz CT molecular complexity index is 336. The van der Waals surface area contributed by atoms with Crippen LogP contribution in [0, 0.1) is 5.92 Å². The van der Waals surface area contributed by atoms with Gasteiger partial charge in [0.15, 0.2) is 0 Å². The highest BCUT2D eigenvalue weighted by molar-refractivity contribution is 7.98. The summed E-state index contributed by atoms with van der Waals surface area (Å²) in [4.78, 5) is 12.8. The highest BCUT2D eigenvalue weighted by atomic mass is 32.2. The van der Waals surface area contributed by atoms with Gasteiger partial charge in [-0.15, -0.1) is 11.8 Å². The third kappa shape index (κ3) is 3.59. The molecule has 0 aliphatic carbocycles. The Balaban J connectivity index is 2.72. The Hall–Kier alpha value is -0.960. The molecular formula is C12H17NOS. The predicted molar refractivity (Wildman–Crippen MR) is 65.4 cm³/mol. The average molecular weight is 223 g/mol. The molecule has 1 amide bonds. The SMILES string of the molecule is CSc1ccccc1C(=O)NCC(C)C. The molecule has 1 aromatic rings. The van der Waals surface area contributed by atoms with Gasteiger partial charge in [0, 0.05) is 11.4 Å². The van der Waals surface area contributed by atoms with Crippen molar-refractivity contribution < 1.29 is 4.79 Å². The van der Waals surface area contributed by atoms with Gasteiger partial charge in [0.2, 0.25) is 0 Å². The number of benzene rings is 1. The van der Waals surface area contributed by atoms with E-state index in [1.165, 1.54) is 0 Å². The summed E-state index contributed by atoms with van der Waals surface area (Å²) in [7, 11) is 0. The molecule has 0 radical (unpaired) electrons. The van der Waals surface area contributed by atoms with Crippen LogP contribution in [0.15, 0.2) is 29.2 Å². The zero-order chi connectivity index (χ0) is 11.3. The van der Waals surface area contributed by atoms with Crippen molar-refractivity contribution in [1.82, 2.24) is 5.32 Å². The fourth-order valence-electron chi connectivity index (χ4n) is 1.22. The zero-order valence-electron chi connectivity index (χ0n) is 9.41. The van der Waals surface area contributed by atoms with Gasteiger partial charge in [-0.25, -0.2) is 0 Å². The molecule has 2 nitrogen and oxygen atoms in total. The maximum Gasteiger partial charge on any atom is 0.252 e. The standard InChI is InChI=1S/C12H17NOS/c1-9(2)8-13-12(14)10-6-4-5-7-11(10)15-3/h4-7,9H,8H2,1-3H3,(H,13,14). The summed E-state index contributed by atoms with van der Waals surface area (Å²) in [6.45, 7) is 4.89. The van der Waals surface area contributed by atoms with E-state index in [2.05, 4.69) is 19.2 Å². The Morgan fingerprint density at radius 1 is 1.40 bits per heavy atom. The highest BCUT2D eigenvalue weighted by Crippen LogP contribution is 2.19. The lowest BCUT2D eigenvalue weighted by atomic mass is 10.2. The van der Waals surface area contributed by atoms with Gasteiger partial charge < -0.3 is 5.32 Å². The first-order valence-electron chi connectivity index (χ1n) is 5.06. The average Bonchev–Trinajstić information content (AvgIpc) is 2.25. The summed E-state index contributed by atoms with van der Waals surface area (Å²) in [6, 6.07) is 7.67. The molecule has 0 aromatic heterocycles. The molecule has 0 heterocycles. The molecule has 0 spiro atoms. The van der Waals surface area contributed by atoms with E-state index >= 15 is 0 Å². The number of carbonyl (C=O) groups is 1. The third-order valence-corrected chi connectivity index (χ3v) is 2.82. The normalized spacial score (nSPS) is 10.4. The van der Waals surface area contributed by atoms with Crippen molar-refractivity contribution in [3.05, 3.63) is 29.8 Å². The number of amides is 1. The molecule has 3 heteroatoms. The van der Waals surface area contributed by atoms with Crippen molar-refractivity contribution >= 4 is 17.7 Å². The molecule has 0 saturated carbocycles. The second-order valence-electron chi connectivity index (χ2n) is 3.80. The van der Waals surface area contributed by atoms with E-state index in [4.69, 9.17) is 0 Å². The van der Waals surface area contributed by atoms with Crippen molar-refractivity contribution in [1.29, 1.82) is 0 Å². The van der Waals surface area contributed by atoms with E-state index in [0.29, 0.717) is 5.92 Å². The molecule has 1 N–H and O–H groups in total. The quantitative estimate of drug-likeness (QED) is 0.795. The lowest BCUT2D eigenvalue weighted by Crippen LogP contribution is -2.27. The van der Waals surface area contributed by atoms with E-state index < -0.39 is 0 Å². The van der Waals surface area contributed by atoms with Gasteiger partial charge in [-0.05, 0) is 24.3 Å². The van der Waals surface area contributed by atoms with Gasteiger partial charge in [0.1, 0.15) is 0 Å². The van der Waals surface area contributed by atoms with Crippen LogP contribution >= 0.6 is 11.8 Å². The Morgan fingerprint density at radius 3 is 2.67 bits per heavy atom. The summed E-state index contributed by atoms with van der Waals surface area (Å²) in [5.41, 5.74) is 0.769. The van der Waals surface area contributed by atoms with Gasteiger partial charge in [-0.3, -0.25) is 4.79 Å². The highest BCUT2D eigenvalue weighted by Gasteiger charge is 2.09. The second-order valence-corrected chi connectivity index (χ2v) is 4.65. The summed E-state index contributed by atoms with van der Waals surface area (Å²) < 4.78 is 0. The van der Waals surface area contributed by atoms with E-state index in [1.807, 2.05) is 30.5 Å². The lowest BCUT2D eigenvalue weighted by molar-refractivity contribution is 0.0946. The lowest BCUT2D eigenvalue weighted by Gasteiger charge is -2.09. The van der Waals surface area contributed by atoms with Crippen LogP contribution in [-0.4, -0.2) is 18.7 Å². The number of rotatable bonds is 4. The number of thioether (sulfide) groups is 1. The van der Waals surface area contributed by atoms with Gasteiger partial charge in [-0.2, -0.15) is 0 Å². The minimum atomic E-state index is 0.0219. The molecule has 15 heavy (non-hydrogen) atoms. The van der Waals surface area contributed by atoms with Gasteiger partial charge in [0.25, 0.3) is 5.91 Å². The number of nitrogens with one attached hydrogen (secondary N) is 1. The van der Waals surface area contributed by atoms with E-state index in [0.717, 1.165) is 17.0 Å². The summed E-state index contributed by atoms with van der Waals surface area (Å²) in [6.07, 6.45) is 1.98. The topological polar surface area (TPSA) is 29.1 Å². The van der Waals surface area contributed by atoms with Crippen LogP contribution in [0.2, 0.25) is 0 Å².